The van der Waals surface area contributed by atoms with E-state index in [1.165, 1.54) is 11.3 Å². The molecule has 0 spiro atoms. The molecule has 8 heteroatoms. The smallest absolute Gasteiger partial charge is 0.341 e. The highest BCUT2D eigenvalue weighted by molar-refractivity contribution is 7.16. The molecule has 0 saturated heterocycles. The third-order valence-corrected chi connectivity index (χ3v) is 5.07. The summed E-state index contributed by atoms with van der Waals surface area (Å²) < 4.78 is 10.1. The van der Waals surface area contributed by atoms with Crippen LogP contribution in [0.15, 0.2) is 0 Å². The minimum atomic E-state index is -0.429. The number of rotatable bonds is 10. The van der Waals surface area contributed by atoms with Gasteiger partial charge in [0.15, 0.2) is 0 Å². The number of hydrogen-bond acceptors (Lipinski definition) is 7. The molecule has 1 amide bonds. The van der Waals surface area contributed by atoms with Gasteiger partial charge in [-0.2, -0.15) is 0 Å². The second-order valence-corrected chi connectivity index (χ2v) is 7.49. The molecule has 1 aromatic rings. The maximum atomic E-state index is 12.6. The lowest BCUT2D eigenvalue weighted by Gasteiger charge is -2.24. The van der Waals surface area contributed by atoms with Gasteiger partial charge in [-0.05, 0) is 46.6 Å². The van der Waals surface area contributed by atoms with Crippen molar-refractivity contribution >= 4 is 34.2 Å². The zero-order valence-electron chi connectivity index (χ0n) is 17.0. The number of nitrogens with one attached hydrogen (secondary N) is 1. The van der Waals surface area contributed by atoms with E-state index >= 15 is 0 Å². The SMILES string of the molecule is CCOC(=O)CN(CC(=O)Nc1sc(C)c(CC)c1C(=O)OCC)C(C)C. The molecule has 0 bridgehead atoms. The van der Waals surface area contributed by atoms with Crippen molar-refractivity contribution < 1.29 is 23.9 Å². The molecule has 0 saturated carbocycles. The number of thiophene rings is 1. The highest BCUT2D eigenvalue weighted by Crippen LogP contribution is 2.34. The third-order valence-electron chi connectivity index (χ3n) is 4.01. The van der Waals surface area contributed by atoms with E-state index in [-0.39, 0.29) is 37.6 Å². The molecule has 0 aromatic carbocycles. The summed E-state index contributed by atoms with van der Waals surface area (Å²) in [6.45, 7) is 11.8. The number of carbonyl (C=O) groups excluding carboxylic acids is 3. The Morgan fingerprint density at radius 3 is 2.22 bits per heavy atom. The summed E-state index contributed by atoms with van der Waals surface area (Å²) in [4.78, 5) is 39.3. The van der Waals surface area contributed by atoms with E-state index in [4.69, 9.17) is 9.47 Å². The maximum absolute atomic E-state index is 12.6. The highest BCUT2D eigenvalue weighted by atomic mass is 32.1. The number of aryl methyl sites for hydroxylation is 1. The first kappa shape index (κ1) is 23.1. The fourth-order valence-electron chi connectivity index (χ4n) is 2.66. The Balaban J connectivity index is 2.94. The molecule has 0 atom stereocenters. The molecule has 1 rings (SSSR count). The van der Waals surface area contributed by atoms with E-state index in [0.717, 1.165) is 10.4 Å². The molecule has 1 N–H and O–H groups in total. The van der Waals surface area contributed by atoms with Crippen LogP contribution in [-0.4, -0.2) is 55.1 Å². The molecule has 0 aliphatic rings. The van der Waals surface area contributed by atoms with Crippen LogP contribution in [0, 0.1) is 6.92 Å². The Labute approximate surface area is 165 Å². The normalized spacial score (nSPS) is 11.0. The number of anilines is 1. The predicted octanol–water partition coefficient (Wildman–Crippen LogP) is 3.01. The maximum Gasteiger partial charge on any atom is 0.341 e. The average Bonchev–Trinajstić information content (AvgIpc) is 2.89. The summed E-state index contributed by atoms with van der Waals surface area (Å²) >= 11 is 1.36. The summed E-state index contributed by atoms with van der Waals surface area (Å²) in [7, 11) is 0. The number of ether oxygens (including phenoxy) is 2. The first-order chi connectivity index (χ1) is 12.7. The number of amides is 1. The van der Waals surface area contributed by atoms with Crippen LogP contribution in [0.5, 0.6) is 0 Å². The molecule has 7 nitrogen and oxygen atoms in total. The van der Waals surface area contributed by atoms with Gasteiger partial charge in [0, 0.05) is 10.9 Å². The summed E-state index contributed by atoms with van der Waals surface area (Å²) in [5, 5.41) is 3.31. The lowest BCUT2D eigenvalue weighted by Crippen LogP contribution is -2.41. The van der Waals surface area contributed by atoms with Crippen molar-refractivity contribution in [2.24, 2.45) is 0 Å². The molecule has 0 fully saturated rings. The summed E-state index contributed by atoms with van der Waals surface area (Å²) in [6, 6.07) is -0.0130. The van der Waals surface area contributed by atoms with E-state index in [1.807, 2.05) is 27.7 Å². The van der Waals surface area contributed by atoms with Crippen LogP contribution in [0.4, 0.5) is 5.00 Å². The van der Waals surface area contributed by atoms with Crippen molar-refractivity contribution in [2.75, 3.05) is 31.6 Å². The van der Waals surface area contributed by atoms with Gasteiger partial charge in [-0.3, -0.25) is 14.5 Å². The number of nitrogens with zero attached hydrogens (tertiary/aromatic N) is 1. The van der Waals surface area contributed by atoms with Gasteiger partial charge in [-0.25, -0.2) is 4.79 Å². The van der Waals surface area contributed by atoms with Crippen LogP contribution >= 0.6 is 11.3 Å². The lowest BCUT2D eigenvalue weighted by molar-refractivity contribution is -0.145. The molecule has 0 aliphatic carbocycles. The molecule has 1 heterocycles. The van der Waals surface area contributed by atoms with Crippen molar-refractivity contribution in [3.63, 3.8) is 0 Å². The molecular formula is C19H30N2O5S. The molecular weight excluding hydrogens is 368 g/mol. The van der Waals surface area contributed by atoms with Gasteiger partial charge in [0.1, 0.15) is 5.00 Å². The Morgan fingerprint density at radius 1 is 1.07 bits per heavy atom. The molecule has 0 unspecified atom stereocenters. The van der Waals surface area contributed by atoms with Crippen LogP contribution < -0.4 is 5.32 Å². The highest BCUT2D eigenvalue weighted by Gasteiger charge is 2.25. The largest absolute Gasteiger partial charge is 0.465 e. The fourth-order valence-corrected chi connectivity index (χ4v) is 3.81. The average molecular weight is 399 g/mol. The van der Waals surface area contributed by atoms with Gasteiger partial charge in [0.2, 0.25) is 5.91 Å². The van der Waals surface area contributed by atoms with Gasteiger partial charge in [0.25, 0.3) is 0 Å². The zero-order valence-corrected chi connectivity index (χ0v) is 17.8. The van der Waals surface area contributed by atoms with Crippen LogP contribution in [0.25, 0.3) is 0 Å². The second-order valence-electron chi connectivity index (χ2n) is 6.27. The number of carbonyl (C=O) groups is 3. The van der Waals surface area contributed by atoms with Crippen LogP contribution in [0.3, 0.4) is 0 Å². The number of esters is 2. The monoisotopic (exact) mass is 398 g/mol. The Morgan fingerprint density at radius 2 is 1.70 bits per heavy atom. The van der Waals surface area contributed by atoms with Crippen LogP contribution in [-0.2, 0) is 25.5 Å². The zero-order chi connectivity index (χ0) is 20.6. The van der Waals surface area contributed by atoms with E-state index in [0.29, 0.717) is 23.6 Å². The van der Waals surface area contributed by atoms with Gasteiger partial charge in [-0.15, -0.1) is 11.3 Å². The quantitative estimate of drug-likeness (QED) is 0.610. The first-order valence-corrected chi connectivity index (χ1v) is 10.1. The topological polar surface area (TPSA) is 84.9 Å². The molecule has 0 radical (unpaired) electrons. The first-order valence-electron chi connectivity index (χ1n) is 9.23. The Hall–Kier alpha value is -1.93. The van der Waals surface area contributed by atoms with Crippen molar-refractivity contribution in [1.82, 2.24) is 4.90 Å². The van der Waals surface area contributed by atoms with Crippen molar-refractivity contribution in [3.05, 3.63) is 16.0 Å². The van der Waals surface area contributed by atoms with E-state index < -0.39 is 5.97 Å². The molecule has 152 valence electrons. The van der Waals surface area contributed by atoms with E-state index in [1.54, 1.807) is 18.7 Å². The fraction of sp³-hybridized carbons (Fsp3) is 0.632. The third kappa shape index (κ3) is 6.62. The molecule has 27 heavy (non-hydrogen) atoms. The van der Waals surface area contributed by atoms with Gasteiger partial charge in [0.05, 0.1) is 31.9 Å². The molecule has 0 aliphatic heterocycles. The minimum absolute atomic E-state index is 0.0130. The summed E-state index contributed by atoms with van der Waals surface area (Å²) in [6.07, 6.45) is 0.674. The summed E-state index contributed by atoms with van der Waals surface area (Å²) in [5.74, 6) is -1.09. The lowest BCUT2D eigenvalue weighted by atomic mass is 10.1. The van der Waals surface area contributed by atoms with E-state index in [9.17, 15) is 14.4 Å². The number of hydrogen-bond donors (Lipinski definition) is 1. The van der Waals surface area contributed by atoms with Crippen molar-refractivity contribution in [1.29, 1.82) is 0 Å². The van der Waals surface area contributed by atoms with Gasteiger partial charge < -0.3 is 14.8 Å². The summed E-state index contributed by atoms with van der Waals surface area (Å²) in [5.41, 5.74) is 1.32. The Kier molecular flexibility index (Phi) is 9.45. The molecule has 1 aromatic heterocycles. The predicted molar refractivity (Wildman–Crippen MR) is 106 cm³/mol. The van der Waals surface area contributed by atoms with E-state index in [2.05, 4.69) is 5.32 Å². The minimum Gasteiger partial charge on any atom is -0.465 e. The standard InChI is InChI=1S/C19H30N2O5S/c1-7-14-13(6)27-18(17(14)19(24)26-9-3)20-15(22)10-21(12(4)5)11-16(23)25-8-2/h12H,7-11H2,1-6H3,(H,20,22). The van der Waals surface area contributed by atoms with Crippen LogP contribution in [0.2, 0.25) is 0 Å². The van der Waals surface area contributed by atoms with Crippen molar-refractivity contribution in [2.45, 2.75) is 54.0 Å². The van der Waals surface area contributed by atoms with Crippen LogP contribution in [0.1, 0.15) is 55.4 Å². The van der Waals surface area contributed by atoms with Crippen molar-refractivity contribution in [3.8, 4) is 0 Å². The van der Waals surface area contributed by atoms with Gasteiger partial charge in [-0.1, -0.05) is 6.92 Å². The second kappa shape index (κ2) is 11.0. The van der Waals surface area contributed by atoms with Gasteiger partial charge >= 0.3 is 11.9 Å². The Bertz CT molecular complexity index is 669.